The number of methoxy groups -OCH3 is 2. The molecule has 1 spiro atoms. The SMILES string of the molecule is COc1[c]c(Cl)c2c(c1)C1(OC(=O)c3ccc(C(=O)NCCCCCCCCOc4ccc(Cc5nc6c(Cc7ccccc7)[nH]c(-c7ccc(O)cc7)cn-6c5=O)cc4F)cc31)c1cc(OC)[c]c(Cl)c1O2. The van der Waals surface area contributed by atoms with Gasteiger partial charge in [-0.2, -0.15) is 0 Å². The largest absolute Gasteiger partial charge is 0.508 e. The minimum atomic E-state index is -1.63. The second kappa shape index (κ2) is 20.7. The predicted octanol–water partition coefficient (Wildman–Crippen LogP) is 11.3. The molecule has 4 heterocycles. The number of nitrogens with zero attached hydrogens (tertiary/aromatic N) is 2. The molecule has 6 aromatic rings. The van der Waals surface area contributed by atoms with E-state index in [-0.39, 0.29) is 73.7 Å². The molecule has 2 radical (unpaired) electrons. The minimum absolute atomic E-state index is 0.0751. The zero-order chi connectivity index (χ0) is 50.8. The highest BCUT2D eigenvalue weighted by Crippen LogP contribution is 2.60. The van der Waals surface area contributed by atoms with Crippen molar-refractivity contribution in [1.82, 2.24) is 19.9 Å². The lowest BCUT2D eigenvalue weighted by molar-refractivity contribution is 0.0222. The van der Waals surface area contributed by atoms with Gasteiger partial charge < -0.3 is 39.1 Å². The van der Waals surface area contributed by atoms with E-state index in [9.17, 15) is 19.5 Å². The molecule has 0 atom stereocenters. The van der Waals surface area contributed by atoms with Gasteiger partial charge >= 0.3 is 5.97 Å². The standard InChI is InChI=1S/C57H47Cl2FN4O9/c1-69-38-28-42-51(44(58)30-38)72-52-43(29-39(70-2)31-45(52)59)57(42)41-27-36(17-20-40(41)56(68)73-57)54(66)61-22-10-5-3-4-6-11-23-71-50-21-14-34(24-46(50)60)26-48-55(67)64-32-49(35-15-18-37(65)19-16-35)62-47(53(64)63-48)25-33-12-8-7-9-13-33/h7-9,12-21,24,27-29,32,62,65H,3-6,10-11,22-23,25-26H2,1-2H3,(H,61,66). The number of aromatic hydroxyl groups is 1. The molecule has 0 unspecified atom stereocenters. The maximum atomic E-state index is 15.4. The second-order valence-electron chi connectivity index (χ2n) is 17.8. The van der Waals surface area contributed by atoms with Gasteiger partial charge in [0.05, 0.1) is 71.1 Å². The number of H-pyrrole nitrogens is 1. The van der Waals surface area contributed by atoms with Crippen molar-refractivity contribution in [1.29, 1.82) is 0 Å². The molecule has 0 saturated carbocycles. The van der Waals surface area contributed by atoms with Gasteiger partial charge in [0.15, 0.2) is 34.5 Å². The Labute approximate surface area is 429 Å². The molecule has 13 nitrogen and oxygen atoms in total. The average molecular weight is 1020 g/mol. The molecule has 1 amide bonds. The smallest absolute Gasteiger partial charge is 0.340 e. The van der Waals surface area contributed by atoms with Crippen LogP contribution in [0.25, 0.3) is 17.1 Å². The summed E-state index contributed by atoms with van der Waals surface area (Å²) < 4.78 is 46.1. The molecule has 3 N–H and O–H groups in total. The Morgan fingerprint density at radius 3 is 2.18 bits per heavy atom. The number of esters is 1. The highest BCUT2D eigenvalue weighted by Gasteiger charge is 2.55. The Bertz CT molecular complexity index is 3360. The third-order valence-electron chi connectivity index (χ3n) is 13.1. The first-order valence-electron chi connectivity index (χ1n) is 23.8. The van der Waals surface area contributed by atoms with Crippen molar-refractivity contribution in [3.05, 3.63) is 198 Å². The van der Waals surface area contributed by atoms with Crippen LogP contribution in [0.5, 0.6) is 34.5 Å². The van der Waals surface area contributed by atoms with Crippen molar-refractivity contribution in [3.8, 4) is 51.6 Å². The number of amides is 1. The normalized spacial score (nSPS) is 13.0. The first-order chi connectivity index (χ1) is 35.4. The lowest BCUT2D eigenvalue weighted by Crippen LogP contribution is -2.34. The number of hydrogen-bond donors (Lipinski definition) is 3. The van der Waals surface area contributed by atoms with E-state index < -0.39 is 17.4 Å². The van der Waals surface area contributed by atoms with Gasteiger partial charge in [-0.25, -0.2) is 14.2 Å². The molecule has 0 fully saturated rings. The summed E-state index contributed by atoms with van der Waals surface area (Å²) in [6.07, 6.45) is 7.44. The number of unbranched alkanes of at least 4 members (excludes halogenated alkanes) is 5. The summed E-state index contributed by atoms with van der Waals surface area (Å²) in [6.45, 7) is 0.775. The van der Waals surface area contributed by atoms with Crippen LogP contribution in [-0.4, -0.2) is 58.9 Å². The summed E-state index contributed by atoms with van der Waals surface area (Å²) in [5.41, 5.74) is 3.88. The quantitative estimate of drug-likeness (QED) is 0.0557. The van der Waals surface area contributed by atoms with E-state index in [1.54, 1.807) is 72.9 Å². The molecule has 4 aliphatic heterocycles. The number of phenols is 1. The Morgan fingerprint density at radius 1 is 0.808 bits per heavy atom. The van der Waals surface area contributed by atoms with E-state index in [0.717, 1.165) is 55.3 Å². The summed E-state index contributed by atoms with van der Waals surface area (Å²) in [6, 6.07) is 35.2. The molecule has 6 aromatic carbocycles. The third kappa shape index (κ3) is 9.67. The Balaban J connectivity index is 0.712. The van der Waals surface area contributed by atoms with E-state index in [1.165, 1.54) is 24.9 Å². The molecule has 0 bridgehead atoms. The topological polar surface area (TPSA) is 163 Å². The van der Waals surface area contributed by atoms with Crippen LogP contribution in [-0.2, 0) is 23.2 Å². The molecule has 16 heteroatoms. The summed E-state index contributed by atoms with van der Waals surface area (Å²) in [4.78, 5) is 49.2. The number of aromatic nitrogens is 3. The monoisotopic (exact) mass is 1020 g/mol. The first kappa shape index (κ1) is 48.8. The zero-order valence-corrected chi connectivity index (χ0v) is 41.2. The Hall–Kier alpha value is -7.81. The fourth-order valence-electron chi connectivity index (χ4n) is 9.41. The number of rotatable bonds is 18. The van der Waals surface area contributed by atoms with Crippen LogP contribution in [0.2, 0.25) is 10.0 Å². The number of benzene rings is 6. The van der Waals surface area contributed by atoms with E-state index in [0.29, 0.717) is 58.9 Å². The summed E-state index contributed by atoms with van der Waals surface area (Å²) in [5.74, 6) is 0.179. The minimum Gasteiger partial charge on any atom is -0.508 e. The van der Waals surface area contributed by atoms with Crippen LogP contribution in [0, 0.1) is 17.9 Å². The van der Waals surface area contributed by atoms with Gasteiger partial charge in [0, 0.05) is 36.7 Å². The fraction of sp³-hybridized carbons (Fsp3) is 0.228. The van der Waals surface area contributed by atoms with Crippen LogP contribution < -0.4 is 29.8 Å². The van der Waals surface area contributed by atoms with E-state index in [4.69, 9.17) is 51.9 Å². The number of carbonyl (C=O) groups excluding carboxylic acids is 2. The zero-order valence-electron chi connectivity index (χ0n) is 39.7. The van der Waals surface area contributed by atoms with Gasteiger partial charge in [-0.15, -0.1) is 0 Å². The lowest BCUT2D eigenvalue weighted by atomic mass is 9.77. The molecule has 0 aromatic heterocycles. The Kier molecular flexibility index (Phi) is 13.9. The fourth-order valence-corrected chi connectivity index (χ4v) is 9.88. The third-order valence-corrected chi connectivity index (χ3v) is 13.6. The molecule has 73 heavy (non-hydrogen) atoms. The molecule has 0 saturated heterocycles. The van der Waals surface area contributed by atoms with E-state index in [2.05, 4.69) is 22.4 Å². The number of halogens is 3. The summed E-state index contributed by atoms with van der Waals surface area (Å²) in [7, 11) is 2.92. The van der Waals surface area contributed by atoms with Crippen LogP contribution in [0.4, 0.5) is 4.39 Å². The van der Waals surface area contributed by atoms with Crippen LogP contribution in [0.1, 0.15) is 98.4 Å². The molecule has 10 rings (SSSR count). The molecule has 370 valence electrons. The van der Waals surface area contributed by atoms with E-state index >= 15 is 4.39 Å². The number of aromatic amines is 1. The van der Waals surface area contributed by atoms with Gasteiger partial charge in [0.1, 0.15) is 22.9 Å². The molecular formula is C57H47Cl2FN4O9. The summed E-state index contributed by atoms with van der Waals surface area (Å²) in [5, 5.41) is 13.0. The van der Waals surface area contributed by atoms with Crippen molar-refractivity contribution < 1.29 is 42.8 Å². The number of fused-ring (bicyclic) bond motifs is 7. The summed E-state index contributed by atoms with van der Waals surface area (Å²) >= 11 is 13.3. The number of phenolic OH excluding ortho intramolecular Hbond substituents is 1. The Morgan fingerprint density at radius 2 is 1.49 bits per heavy atom. The van der Waals surface area contributed by atoms with Gasteiger partial charge in [0.2, 0.25) is 0 Å². The predicted molar refractivity (Wildman–Crippen MR) is 272 cm³/mol. The van der Waals surface area contributed by atoms with Crippen molar-refractivity contribution in [2.24, 2.45) is 0 Å². The number of hydrogen-bond acceptors (Lipinski definition) is 10. The molecular weight excluding hydrogens is 975 g/mol. The van der Waals surface area contributed by atoms with Crippen molar-refractivity contribution >= 4 is 35.1 Å². The number of carbonyl (C=O) groups is 2. The number of nitrogens with one attached hydrogen (secondary N) is 2. The van der Waals surface area contributed by atoms with Crippen molar-refractivity contribution in [2.75, 3.05) is 27.4 Å². The average Bonchev–Trinajstić information content (AvgIpc) is 3.87. The molecule has 4 aliphatic rings. The van der Waals surface area contributed by atoms with Gasteiger partial charge in [-0.05, 0) is 96.3 Å². The van der Waals surface area contributed by atoms with Gasteiger partial charge in [-0.1, -0.05) is 85.3 Å². The maximum Gasteiger partial charge on any atom is 0.340 e. The number of imidazole rings is 1. The van der Waals surface area contributed by atoms with Gasteiger partial charge in [0.25, 0.3) is 11.5 Å². The van der Waals surface area contributed by atoms with Gasteiger partial charge in [-0.3, -0.25) is 14.2 Å². The van der Waals surface area contributed by atoms with Crippen LogP contribution in [0.15, 0.2) is 114 Å². The molecule has 0 aliphatic carbocycles. The first-order valence-corrected chi connectivity index (χ1v) is 24.5. The number of ether oxygens (including phenoxy) is 5. The van der Waals surface area contributed by atoms with Crippen molar-refractivity contribution in [2.45, 2.75) is 57.0 Å². The lowest BCUT2D eigenvalue weighted by Gasteiger charge is -2.37. The van der Waals surface area contributed by atoms with E-state index in [1.807, 2.05) is 30.3 Å². The van der Waals surface area contributed by atoms with Crippen LogP contribution >= 0.6 is 23.2 Å². The second-order valence-corrected chi connectivity index (χ2v) is 18.6. The van der Waals surface area contributed by atoms with Crippen LogP contribution in [0.3, 0.4) is 0 Å². The highest BCUT2D eigenvalue weighted by atomic mass is 35.5. The maximum absolute atomic E-state index is 15.4. The van der Waals surface area contributed by atoms with Crippen molar-refractivity contribution in [3.63, 3.8) is 0 Å². The highest BCUT2D eigenvalue weighted by molar-refractivity contribution is 6.33.